The number of rotatable bonds is 10. The van der Waals surface area contributed by atoms with Gasteiger partial charge in [0, 0.05) is 11.8 Å². The summed E-state index contributed by atoms with van der Waals surface area (Å²) in [7, 11) is 3.34. The summed E-state index contributed by atoms with van der Waals surface area (Å²) in [5.41, 5.74) is 4.36. The van der Waals surface area contributed by atoms with Crippen molar-refractivity contribution in [1.82, 2.24) is 0 Å². The van der Waals surface area contributed by atoms with Gasteiger partial charge in [-0.15, -0.1) is 0 Å². The second-order valence-electron chi connectivity index (χ2n) is 10.2. The summed E-state index contributed by atoms with van der Waals surface area (Å²) in [5.74, 6) is 3.31. The van der Waals surface area contributed by atoms with E-state index >= 15 is 0 Å². The van der Waals surface area contributed by atoms with Crippen molar-refractivity contribution in [2.24, 2.45) is 11.8 Å². The summed E-state index contributed by atoms with van der Waals surface area (Å²) < 4.78 is 36.2. The number of hydrogen-bond acceptors (Lipinski definition) is 6. The van der Waals surface area contributed by atoms with E-state index in [1.54, 1.807) is 14.2 Å². The normalized spacial score (nSPS) is 21.6. The Bertz CT molecular complexity index is 1300. The van der Waals surface area contributed by atoms with Crippen LogP contribution in [0.5, 0.6) is 23.0 Å². The average molecular weight is 539 g/mol. The summed E-state index contributed by atoms with van der Waals surface area (Å²) in [4.78, 5) is 0. The molecule has 6 rings (SSSR count). The second kappa shape index (κ2) is 12.0. The topological polar surface area (TPSA) is 55.4 Å². The number of hydrogen-bond donors (Lipinski definition) is 0. The Balaban J connectivity index is 1.13. The molecule has 2 heterocycles. The van der Waals surface area contributed by atoms with Gasteiger partial charge >= 0.3 is 0 Å². The van der Waals surface area contributed by atoms with Gasteiger partial charge in [0.2, 0.25) is 0 Å². The largest absolute Gasteiger partial charge is 0.493 e. The zero-order valence-electron chi connectivity index (χ0n) is 22.8. The van der Waals surface area contributed by atoms with Gasteiger partial charge in [0.25, 0.3) is 0 Å². The van der Waals surface area contributed by atoms with Gasteiger partial charge in [-0.25, -0.2) is 0 Å². The average Bonchev–Trinajstić information content (AvgIpc) is 3.63. The van der Waals surface area contributed by atoms with E-state index < -0.39 is 0 Å². The van der Waals surface area contributed by atoms with Crippen LogP contribution in [0.2, 0.25) is 0 Å². The number of benzene rings is 4. The summed E-state index contributed by atoms with van der Waals surface area (Å²) in [5, 5.41) is 0. The molecule has 2 aliphatic heterocycles. The van der Waals surface area contributed by atoms with E-state index in [-0.39, 0.29) is 24.0 Å². The molecule has 40 heavy (non-hydrogen) atoms. The van der Waals surface area contributed by atoms with Gasteiger partial charge in [-0.3, -0.25) is 0 Å². The number of methoxy groups -OCH3 is 2. The first-order valence-electron chi connectivity index (χ1n) is 13.7. The van der Waals surface area contributed by atoms with Gasteiger partial charge < -0.3 is 28.4 Å². The zero-order valence-corrected chi connectivity index (χ0v) is 22.8. The van der Waals surface area contributed by atoms with Crippen LogP contribution in [0, 0.1) is 11.8 Å². The highest BCUT2D eigenvalue weighted by atomic mass is 16.5. The van der Waals surface area contributed by atoms with Gasteiger partial charge in [-0.1, -0.05) is 72.8 Å². The molecule has 4 aromatic carbocycles. The maximum absolute atomic E-state index is 6.36. The molecule has 4 atom stereocenters. The van der Waals surface area contributed by atoms with Crippen molar-refractivity contribution in [3.05, 3.63) is 119 Å². The maximum Gasteiger partial charge on any atom is 0.161 e. The molecule has 6 heteroatoms. The molecule has 0 bridgehead atoms. The van der Waals surface area contributed by atoms with Gasteiger partial charge in [0.1, 0.15) is 13.2 Å². The molecule has 0 spiro atoms. The van der Waals surface area contributed by atoms with E-state index in [1.807, 2.05) is 84.9 Å². The van der Waals surface area contributed by atoms with Crippen molar-refractivity contribution in [3.8, 4) is 23.0 Å². The standard InChI is InChI=1S/C34H34O6/c1-35-31-17-25(13-15-29(31)37-19-23-9-5-3-6-10-23)33-27-21-40-34(28(27)22-39-33)26-14-16-30(32(18-26)36-2)38-20-24-11-7-4-8-12-24/h3-18,27-28,33-34H,19-22H2,1-2H3/t27-,28-,33+,34+/m0/s1. The Kier molecular flexibility index (Phi) is 7.89. The SMILES string of the molecule is COc1cc([C@H]2OC[C@H]3[C@@H]2CO[C@@H]3c2ccc(OCc3ccccc3)c(OC)c2)ccc1OCc1ccccc1. The maximum atomic E-state index is 6.36. The molecule has 2 aliphatic rings. The van der Waals surface area contributed by atoms with E-state index in [0.29, 0.717) is 49.4 Å². The summed E-state index contributed by atoms with van der Waals surface area (Å²) in [6.45, 7) is 2.22. The lowest BCUT2D eigenvalue weighted by Gasteiger charge is -2.19. The van der Waals surface area contributed by atoms with Crippen molar-refractivity contribution in [2.45, 2.75) is 25.4 Å². The first-order valence-corrected chi connectivity index (χ1v) is 13.7. The van der Waals surface area contributed by atoms with E-state index in [9.17, 15) is 0 Å². The van der Waals surface area contributed by atoms with Crippen LogP contribution in [-0.4, -0.2) is 27.4 Å². The molecular formula is C34H34O6. The highest BCUT2D eigenvalue weighted by molar-refractivity contribution is 5.46. The highest BCUT2D eigenvalue weighted by Crippen LogP contribution is 2.51. The fourth-order valence-corrected chi connectivity index (χ4v) is 5.67. The van der Waals surface area contributed by atoms with Crippen LogP contribution in [-0.2, 0) is 22.7 Å². The van der Waals surface area contributed by atoms with E-state index in [1.165, 1.54) is 0 Å². The van der Waals surface area contributed by atoms with Gasteiger partial charge in [-0.2, -0.15) is 0 Å². The van der Waals surface area contributed by atoms with Gasteiger partial charge in [-0.05, 0) is 46.5 Å². The molecule has 6 nitrogen and oxygen atoms in total. The van der Waals surface area contributed by atoms with Crippen LogP contribution in [0.15, 0.2) is 97.1 Å². The minimum atomic E-state index is -0.0672. The second-order valence-corrected chi connectivity index (χ2v) is 10.2. The molecule has 2 saturated heterocycles. The zero-order chi connectivity index (χ0) is 27.3. The quantitative estimate of drug-likeness (QED) is 0.218. The van der Waals surface area contributed by atoms with E-state index in [2.05, 4.69) is 12.1 Å². The molecule has 0 aromatic heterocycles. The van der Waals surface area contributed by atoms with E-state index in [4.69, 9.17) is 28.4 Å². The molecule has 4 aromatic rings. The minimum absolute atomic E-state index is 0.0672. The minimum Gasteiger partial charge on any atom is -0.493 e. The lowest BCUT2D eigenvalue weighted by Crippen LogP contribution is -2.14. The number of fused-ring (bicyclic) bond motifs is 1. The third-order valence-corrected chi connectivity index (χ3v) is 7.77. The van der Waals surface area contributed by atoms with Gasteiger partial charge in [0.15, 0.2) is 23.0 Å². The Hall–Kier alpha value is -4.00. The lowest BCUT2D eigenvalue weighted by atomic mass is 9.85. The first kappa shape index (κ1) is 26.2. The Labute approximate surface area is 235 Å². The summed E-state index contributed by atoms with van der Waals surface area (Å²) >= 11 is 0. The fourth-order valence-electron chi connectivity index (χ4n) is 5.67. The van der Waals surface area contributed by atoms with Crippen LogP contribution in [0.1, 0.15) is 34.5 Å². The molecule has 206 valence electrons. The van der Waals surface area contributed by atoms with Crippen molar-refractivity contribution in [2.75, 3.05) is 27.4 Å². The van der Waals surface area contributed by atoms with E-state index in [0.717, 1.165) is 22.3 Å². The molecule has 0 aliphatic carbocycles. The molecule has 0 amide bonds. The van der Waals surface area contributed by atoms with Crippen LogP contribution in [0.3, 0.4) is 0 Å². The summed E-state index contributed by atoms with van der Waals surface area (Å²) in [6, 6.07) is 32.4. The highest BCUT2D eigenvalue weighted by Gasteiger charge is 2.48. The van der Waals surface area contributed by atoms with Crippen LogP contribution < -0.4 is 18.9 Å². The third kappa shape index (κ3) is 5.51. The lowest BCUT2D eigenvalue weighted by molar-refractivity contribution is 0.0191. The Morgan fingerprint density at radius 3 is 1.38 bits per heavy atom. The molecule has 0 saturated carbocycles. The fraction of sp³-hybridized carbons (Fsp3) is 0.294. The third-order valence-electron chi connectivity index (χ3n) is 7.77. The summed E-state index contributed by atoms with van der Waals surface area (Å²) in [6.07, 6.45) is -0.134. The Morgan fingerprint density at radius 2 is 0.975 bits per heavy atom. The molecule has 0 unspecified atom stereocenters. The van der Waals surface area contributed by atoms with Crippen LogP contribution in [0.4, 0.5) is 0 Å². The monoisotopic (exact) mass is 538 g/mol. The number of ether oxygens (including phenoxy) is 6. The molecular weight excluding hydrogens is 504 g/mol. The molecule has 0 N–H and O–H groups in total. The van der Waals surface area contributed by atoms with Crippen molar-refractivity contribution in [1.29, 1.82) is 0 Å². The predicted molar refractivity (Wildman–Crippen MR) is 152 cm³/mol. The van der Waals surface area contributed by atoms with Crippen molar-refractivity contribution < 1.29 is 28.4 Å². The van der Waals surface area contributed by atoms with Crippen molar-refractivity contribution in [3.63, 3.8) is 0 Å². The predicted octanol–water partition coefficient (Wildman–Crippen LogP) is 6.94. The molecule has 2 fully saturated rings. The molecule has 0 radical (unpaired) electrons. The van der Waals surface area contributed by atoms with Crippen LogP contribution in [0.25, 0.3) is 0 Å². The smallest absolute Gasteiger partial charge is 0.161 e. The van der Waals surface area contributed by atoms with Crippen molar-refractivity contribution >= 4 is 0 Å². The van der Waals surface area contributed by atoms with Gasteiger partial charge in [0.05, 0.1) is 39.6 Å². The first-order chi connectivity index (χ1) is 19.7. The van der Waals surface area contributed by atoms with Crippen LogP contribution >= 0.6 is 0 Å². The Morgan fingerprint density at radius 1 is 0.550 bits per heavy atom.